The molecule has 1 heterocycles. The summed E-state index contributed by atoms with van der Waals surface area (Å²) in [7, 11) is 0. The van der Waals surface area contributed by atoms with Crippen molar-refractivity contribution in [2.24, 2.45) is 0 Å². The predicted molar refractivity (Wildman–Crippen MR) is 163 cm³/mol. The molecule has 38 heavy (non-hydrogen) atoms. The lowest BCUT2D eigenvalue weighted by Gasteiger charge is -2.40. The molecule has 0 spiro atoms. The predicted octanol–water partition coefficient (Wildman–Crippen LogP) is 7.98. The van der Waals surface area contributed by atoms with Crippen LogP contribution in [0.2, 0.25) is 5.02 Å². The van der Waals surface area contributed by atoms with Gasteiger partial charge in [-0.15, -0.1) is 24.8 Å². The van der Waals surface area contributed by atoms with Crippen molar-refractivity contribution < 1.29 is 4.74 Å². The van der Waals surface area contributed by atoms with Crippen LogP contribution in [0.1, 0.15) is 33.9 Å². The smallest absolute Gasteiger partial charge is 0.120 e. The molecule has 0 bridgehead atoms. The molecule has 1 atom stereocenters. The van der Waals surface area contributed by atoms with Gasteiger partial charge in [0.05, 0.1) is 6.04 Å². The van der Waals surface area contributed by atoms with Gasteiger partial charge in [-0.2, -0.15) is 0 Å². The maximum Gasteiger partial charge on any atom is 0.120 e. The molecule has 6 heteroatoms. The Balaban J connectivity index is 0.00000200. The van der Waals surface area contributed by atoms with E-state index in [0.717, 1.165) is 43.5 Å². The lowest BCUT2D eigenvalue weighted by molar-refractivity contribution is 0.105. The highest BCUT2D eigenvalue weighted by Gasteiger charge is 2.27. The van der Waals surface area contributed by atoms with E-state index in [-0.39, 0.29) is 30.9 Å². The van der Waals surface area contributed by atoms with Gasteiger partial charge < -0.3 is 4.74 Å². The van der Waals surface area contributed by atoms with Crippen LogP contribution in [0.5, 0.6) is 5.75 Å². The minimum absolute atomic E-state index is 0. The Bertz CT molecular complexity index is 1260. The Kier molecular flexibility index (Phi) is 11.5. The van der Waals surface area contributed by atoms with E-state index in [1.165, 1.54) is 27.8 Å². The molecule has 1 aliphatic heterocycles. The summed E-state index contributed by atoms with van der Waals surface area (Å²) < 4.78 is 6.17. The fourth-order valence-corrected chi connectivity index (χ4v) is 5.15. The number of benzene rings is 4. The Hall–Kier alpha value is -2.53. The van der Waals surface area contributed by atoms with Crippen LogP contribution in [-0.2, 0) is 13.2 Å². The Labute approximate surface area is 244 Å². The number of ether oxygens (including phenoxy) is 1. The molecule has 1 unspecified atom stereocenters. The summed E-state index contributed by atoms with van der Waals surface area (Å²) in [5.41, 5.74) is 6.38. The number of rotatable bonds is 8. The third-order valence-electron chi connectivity index (χ3n) is 6.87. The van der Waals surface area contributed by atoms with Gasteiger partial charge in [-0.1, -0.05) is 96.0 Å². The Morgan fingerprint density at radius 1 is 0.711 bits per heavy atom. The maximum atomic E-state index is 6.24. The number of hydrogen-bond acceptors (Lipinski definition) is 3. The molecule has 0 aliphatic carbocycles. The van der Waals surface area contributed by atoms with Crippen molar-refractivity contribution in [3.05, 3.63) is 136 Å². The van der Waals surface area contributed by atoms with Gasteiger partial charge in [-0.05, 0) is 53.4 Å². The van der Waals surface area contributed by atoms with Crippen LogP contribution < -0.4 is 4.74 Å². The molecular formula is C32H35Cl3N2O. The van der Waals surface area contributed by atoms with E-state index in [4.69, 9.17) is 16.3 Å². The number of hydrogen-bond donors (Lipinski definition) is 0. The molecule has 0 saturated carbocycles. The van der Waals surface area contributed by atoms with Gasteiger partial charge in [-0.25, -0.2) is 0 Å². The first-order valence-electron chi connectivity index (χ1n) is 12.7. The standard InChI is InChI=1S/C32H33ClN2O.2ClH/c1-25-7-5-10-27(21-25)23-34-17-19-35(20-18-34)32(28-13-15-30(33)16-14-28)29-11-6-12-31(22-29)36-24-26-8-3-2-4-9-26;;/h2-16,21-22,32H,17-20,23-24H2,1H3;2*1H. The molecule has 0 radical (unpaired) electrons. The summed E-state index contributed by atoms with van der Waals surface area (Å²) in [5, 5.41) is 0.764. The monoisotopic (exact) mass is 568 g/mol. The molecular weight excluding hydrogens is 535 g/mol. The Morgan fingerprint density at radius 2 is 1.39 bits per heavy atom. The Morgan fingerprint density at radius 3 is 2.11 bits per heavy atom. The van der Waals surface area contributed by atoms with Crippen LogP contribution in [0, 0.1) is 6.92 Å². The SMILES string of the molecule is Cc1cccc(CN2CCN(C(c3ccc(Cl)cc3)c3cccc(OCc4ccccc4)c3)CC2)c1.Cl.Cl. The zero-order valence-corrected chi connectivity index (χ0v) is 24.0. The van der Waals surface area contributed by atoms with E-state index in [1.54, 1.807) is 0 Å². The third kappa shape index (κ3) is 7.99. The topological polar surface area (TPSA) is 15.7 Å². The van der Waals surface area contributed by atoms with E-state index in [1.807, 2.05) is 36.4 Å². The van der Waals surface area contributed by atoms with Crippen molar-refractivity contribution >= 4 is 36.4 Å². The van der Waals surface area contributed by atoms with Crippen LogP contribution >= 0.6 is 36.4 Å². The van der Waals surface area contributed by atoms with Crippen molar-refractivity contribution in [1.82, 2.24) is 9.80 Å². The van der Waals surface area contributed by atoms with Crippen molar-refractivity contribution in [2.75, 3.05) is 26.2 Å². The minimum Gasteiger partial charge on any atom is -0.489 e. The molecule has 1 saturated heterocycles. The van der Waals surface area contributed by atoms with Crippen LogP contribution in [0.3, 0.4) is 0 Å². The second-order valence-corrected chi connectivity index (χ2v) is 10.0. The summed E-state index contributed by atoms with van der Waals surface area (Å²) >= 11 is 6.24. The number of piperazine rings is 1. The van der Waals surface area contributed by atoms with E-state index >= 15 is 0 Å². The van der Waals surface area contributed by atoms with Crippen molar-refractivity contribution in [3.8, 4) is 5.75 Å². The number of aryl methyl sites for hydroxylation is 1. The van der Waals surface area contributed by atoms with E-state index in [0.29, 0.717) is 6.61 Å². The third-order valence-corrected chi connectivity index (χ3v) is 7.12. The van der Waals surface area contributed by atoms with Crippen LogP contribution in [0.15, 0.2) is 103 Å². The molecule has 0 aromatic heterocycles. The fraction of sp³-hybridized carbons (Fsp3) is 0.250. The van der Waals surface area contributed by atoms with Gasteiger partial charge in [0.1, 0.15) is 12.4 Å². The summed E-state index contributed by atoms with van der Waals surface area (Å²) in [6.45, 7) is 7.83. The largest absolute Gasteiger partial charge is 0.489 e. The average molecular weight is 570 g/mol. The first-order valence-corrected chi connectivity index (χ1v) is 13.1. The van der Waals surface area contributed by atoms with Crippen LogP contribution in [0.4, 0.5) is 0 Å². The molecule has 0 amide bonds. The first-order chi connectivity index (χ1) is 17.6. The highest BCUT2D eigenvalue weighted by molar-refractivity contribution is 6.30. The fourth-order valence-electron chi connectivity index (χ4n) is 5.02. The molecule has 0 N–H and O–H groups in total. The molecule has 3 nitrogen and oxygen atoms in total. The summed E-state index contributed by atoms with van der Waals surface area (Å²) in [6.07, 6.45) is 0. The second kappa shape index (κ2) is 14.6. The molecule has 1 aliphatic rings. The summed E-state index contributed by atoms with van der Waals surface area (Å²) in [6, 6.07) is 36.2. The zero-order valence-electron chi connectivity index (χ0n) is 21.6. The maximum absolute atomic E-state index is 6.24. The lowest BCUT2D eigenvalue weighted by atomic mass is 9.96. The average Bonchev–Trinajstić information content (AvgIpc) is 2.91. The lowest BCUT2D eigenvalue weighted by Crippen LogP contribution is -2.47. The summed E-state index contributed by atoms with van der Waals surface area (Å²) in [5.74, 6) is 0.897. The molecule has 200 valence electrons. The minimum atomic E-state index is 0. The zero-order chi connectivity index (χ0) is 24.7. The second-order valence-electron chi connectivity index (χ2n) is 9.60. The quantitative estimate of drug-likeness (QED) is 0.214. The number of nitrogens with zero attached hydrogens (tertiary/aromatic N) is 2. The summed E-state index contributed by atoms with van der Waals surface area (Å²) in [4.78, 5) is 5.15. The van der Waals surface area contributed by atoms with E-state index in [2.05, 4.69) is 83.5 Å². The van der Waals surface area contributed by atoms with Crippen LogP contribution in [-0.4, -0.2) is 36.0 Å². The van der Waals surface area contributed by atoms with Gasteiger partial charge in [0.2, 0.25) is 0 Å². The van der Waals surface area contributed by atoms with Crippen molar-refractivity contribution in [1.29, 1.82) is 0 Å². The molecule has 5 rings (SSSR count). The van der Waals surface area contributed by atoms with Gasteiger partial charge in [0.25, 0.3) is 0 Å². The molecule has 1 fully saturated rings. The molecule has 4 aromatic rings. The van der Waals surface area contributed by atoms with Gasteiger partial charge >= 0.3 is 0 Å². The number of halogens is 3. The van der Waals surface area contributed by atoms with Crippen molar-refractivity contribution in [3.63, 3.8) is 0 Å². The highest BCUT2D eigenvalue weighted by atomic mass is 35.5. The highest BCUT2D eigenvalue weighted by Crippen LogP contribution is 2.32. The van der Waals surface area contributed by atoms with E-state index in [9.17, 15) is 0 Å². The normalized spacial score (nSPS) is 14.7. The van der Waals surface area contributed by atoms with Gasteiger partial charge in [-0.3, -0.25) is 9.80 Å². The van der Waals surface area contributed by atoms with Crippen molar-refractivity contribution in [2.45, 2.75) is 26.1 Å². The first kappa shape index (κ1) is 30.0. The van der Waals surface area contributed by atoms with E-state index < -0.39 is 0 Å². The van der Waals surface area contributed by atoms with Gasteiger partial charge in [0, 0.05) is 37.7 Å². The molecule has 4 aromatic carbocycles. The van der Waals surface area contributed by atoms with Crippen LogP contribution in [0.25, 0.3) is 0 Å². The van der Waals surface area contributed by atoms with Gasteiger partial charge in [0.15, 0.2) is 0 Å².